The summed E-state index contributed by atoms with van der Waals surface area (Å²) in [5, 5.41) is 3.70. The molecule has 0 heterocycles. The van der Waals surface area contributed by atoms with Crippen LogP contribution in [0.15, 0.2) is 12.1 Å². The van der Waals surface area contributed by atoms with Gasteiger partial charge in [0, 0.05) is 17.6 Å². The van der Waals surface area contributed by atoms with Gasteiger partial charge in [0.15, 0.2) is 11.5 Å². The fourth-order valence-corrected chi connectivity index (χ4v) is 3.12. The lowest BCUT2D eigenvalue weighted by molar-refractivity contribution is 0.250. The molecule has 1 fully saturated rings. The van der Waals surface area contributed by atoms with Crippen LogP contribution in [0.4, 0.5) is 0 Å². The highest BCUT2D eigenvalue weighted by molar-refractivity contribution is 5.55. The Kier molecular flexibility index (Phi) is 5.34. The molecule has 1 N–H and O–H groups in total. The molecule has 1 aliphatic carbocycles. The first-order valence-corrected chi connectivity index (χ1v) is 7.66. The SMILES string of the molecule is COc1ccc(CNC2(C)CCCCC2)c(OC)c1OC. The van der Waals surface area contributed by atoms with E-state index in [2.05, 4.69) is 12.2 Å². The molecule has 0 spiro atoms. The third kappa shape index (κ3) is 3.62. The van der Waals surface area contributed by atoms with Crippen LogP contribution in [0.1, 0.15) is 44.6 Å². The minimum atomic E-state index is 0.233. The second kappa shape index (κ2) is 7.03. The maximum absolute atomic E-state index is 5.54. The molecule has 0 bridgehead atoms. The van der Waals surface area contributed by atoms with Gasteiger partial charge in [-0.2, -0.15) is 0 Å². The summed E-state index contributed by atoms with van der Waals surface area (Å²) in [4.78, 5) is 0. The summed E-state index contributed by atoms with van der Waals surface area (Å²) >= 11 is 0. The fraction of sp³-hybridized carbons (Fsp3) is 0.647. The minimum absolute atomic E-state index is 0.233. The van der Waals surface area contributed by atoms with E-state index in [0.717, 1.165) is 17.9 Å². The summed E-state index contributed by atoms with van der Waals surface area (Å²) < 4.78 is 16.3. The molecule has 0 aliphatic heterocycles. The third-order valence-corrected chi connectivity index (χ3v) is 4.45. The van der Waals surface area contributed by atoms with Crippen LogP contribution in [0.25, 0.3) is 0 Å². The monoisotopic (exact) mass is 293 g/mol. The number of hydrogen-bond donors (Lipinski definition) is 1. The van der Waals surface area contributed by atoms with Crippen molar-refractivity contribution in [2.24, 2.45) is 0 Å². The Bertz CT molecular complexity index is 467. The number of rotatable bonds is 6. The Morgan fingerprint density at radius 1 is 0.952 bits per heavy atom. The lowest BCUT2D eigenvalue weighted by Gasteiger charge is -2.35. The standard InChI is InChI=1S/C17H27NO3/c1-17(10-6-5-7-11-17)18-12-13-8-9-14(19-2)16(21-4)15(13)20-3/h8-9,18H,5-7,10-12H2,1-4H3. The highest BCUT2D eigenvalue weighted by Gasteiger charge is 2.26. The summed E-state index contributed by atoms with van der Waals surface area (Å²) in [6.07, 6.45) is 6.46. The fourth-order valence-electron chi connectivity index (χ4n) is 3.12. The second-order valence-corrected chi connectivity index (χ2v) is 5.97. The largest absolute Gasteiger partial charge is 0.493 e. The van der Waals surface area contributed by atoms with E-state index in [0.29, 0.717) is 11.5 Å². The van der Waals surface area contributed by atoms with Gasteiger partial charge in [-0.25, -0.2) is 0 Å². The predicted octanol–water partition coefficient (Wildman–Crippen LogP) is 3.52. The third-order valence-electron chi connectivity index (χ3n) is 4.45. The van der Waals surface area contributed by atoms with E-state index in [1.807, 2.05) is 12.1 Å². The molecule has 0 aromatic heterocycles. The zero-order chi connectivity index (χ0) is 15.3. The van der Waals surface area contributed by atoms with E-state index in [-0.39, 0.29) is 5.54 Å². The molecule has 0 amide bonds. The van der Waals surface area contributed by atoms with E-state index < -0.39 is 0 Å². The smallest absolute Gasteiger partial charge is 0.203 e. The molecule has 1 aromatic carbocycles. The number of nitrogens with one attached hydrogen (secondary N) is 1. The minimum Gasteiger partial charge on any atom is -0.493 e. The van der Waals surface area contributed by atoms with Crippen LogP contribution in [-0.4, -0.2) is 26.9 Å². The summed E-state index contributed by atoms with van der Waals surface area (Å²) in [5.41, 5.74) is 1.33. The van der Waals surface area contributed by atoms with Gasteiger partial charge in [-0.05, 0) is 25.8 Å². The molecule has 0 atom stereocenters. The molecule has 118 valence electrons. The number of hydrogen-bond acceptors (Lipinski definition) is 4. The van der Waals surface area contributed by atoms with Crippen molar-refractivity contribution in [3.05, 3.63) is 17.7 Å². The maximum atomic E-state index is 5.54. The van der Waals surface area contributed by atoms with Crippen molar-refractivity contribution >= 4 is 0 Å². The molecule has 0 unspecified atom stereocenters. The van der Waals surface area contributed by atoms with Crippen LogP contribution in [-0.2, 0) is 6.54 Å². The predicted molar refractivity (Wildman–Crippen MR) is 84.4 cm³/mol. The first-order valence-electron chi connectivity index (χ1n) is 7.66. The molecule has 1 saturated carbocycles. The van der Waals surface area contributed by atoms with E-state index in [9.17, 15) is 0 Å². The van der Waals surface area contributed by atoms with Gasteiger partial charge in [-0.1, -0.05) is 25.3 Å². The van der Waals surface area contributed by atoms with Crippen LogP contribution >= 0.6 is 0 Å². The first kappa shape index (κ1) is 16.0. The van der Waals surface area contributed by atoms with E-state index >= 15 is 0 Å². The van der Waals surface area contributed by atoms with Crippen molar-refractivity contribution in [3.63, 3.8) is 0 Å². The lowest BCUT2D eigenvalue weighted by Crippen LogP contribution is -2.43. The number of benzene rings is 1. The zero-order valence-corrected chi connectivity index (χ0v) is 13.6. The van der Waals surface area contributed by atoms with E-state index in [1.54, 1.807) is 21.3 Å². The van der Waals surface area contributed by atoms with Crippen LogP contribution in [0, 0.1) is 0 Å². The summed E-state index contributed by atoms with van der Waals surface area (Å²) in [6.45, 7) is 3.10. The molecule has 21 heavy (non-hydrogen) atoms. The van der Waals surface area contributed by atoms with Crippen molar-refractivity contribution in [3.8, 4) is 17.2 Å². The zero-order valence-electron chi connectivity index (χ0n) is 13.6. The molecule has 1 aliphatic rings. The molecule has 2 rings (SSSR count). The molecule has 4 heteroatoms. The Balaban J connectivity index is 2.16. The average Bonchev–Trinajstić information content (AvgIpc) is 2.52. The van der Waals surface area contributed by atoms with Gasteiger partial charge in [-0.3, -0.25) is 0 Å². The quantitative estimate of drug-likeness (QED) is 0.871. The van der Waals surface area contributed by atoms with Gasteiger partial charge in [0.2, 0.25) is 5.75 Å². The van der Waals surface area contributed by atoms with Crippen LogP contribution in [0.5, 0.6) is 17.2 Å². The molecule has 0 radical (unpaired) electrons. The Morgan fingerprint density at radius 2 is 1.62 bits per heavy atom. The Morgan fingerprint density at radius 3 is 2.19 bits per heavy atom. The molecule has 0 saturated heterocycles. The van der Waals surface area contributed by atoms with Gasteiger partial charge in [-0.15, -0.1) is 0 Å². The molecular weight excluding hydrogens is 266 g/mol. The summed E-state index contributed by atoms with van der Waals surface area (Å²) in [6, 6.07) is 3.97. The van der Waals surface area contributed by atoms with Gasteiger partial charge in [0.1, 0.15) is 0 Å². The summed E-state index contributed by atoms with van der Waals surface area (Å²) in [5.74, 6) is 2.11. The van der Waals surface area contributed by atoms with E-state index in [1.165, 1.54) is 32.1 Å². The van der Waals surface area contributed by atoms with Crippen molar-refractivity contribution in [1.29, 1.82) is 0 Å². The van der Waals surface area contributed by atoms with Crippen LogP contribution in [0.3, 0.4) is 0 Å². The van der Waals surface area contributed by atoms with E-state index in [4.69, 9.17) is 14.2 Å². The molecule has 4 nitrogen and oxygen atoms in total. The lowest BCUT2D eigenvalue weighted by atomic mass is 9.83. The van der Waals surface area contributed by atoms with Gasteiger partial charge < -0.3 is 19.5 Å². The highest BCUT2D eigenvalue weighted by atomic mass is 16.5. The van der Waals surface area contributed by atoms with Gasteiger partial charge in [0.05, 0.1) is 21.3 Å². The van der Waals surface area contributed by atoms with Crippen molar-refractivity contribution in [2.45, 2.75) is 51.1 Å². The van der Waals surface area contributed by atoms with Gasteiger partial charge >= 0.3 is 0 Å². The van der Waals surface area contributed by atoms with Gasteiger partial charge in [0.25, 0.3) is 0 Å². The van der Waals surface area contributed by atoms with Crippen molar-refractivity contribution < 1.29 is 14.2 Å². The second-order valence-electron chi connectivity index (χ2n) is 5.97. The van der Waals surface area contributed by atoms with Crippen molar-refractivity contribution in [2.75, 3.05) is 21.3 Å². The normalized spacial score (nSPS) is 17.3. The van der Waals surface area contributed by atoms with Crippen LogP contribution < -0.4 is 19.5 Å². The first-order chi connectivity index (χ1) is 10.1. The Labute approximate surface area is 127 Å². The summed E-state index contributed by atoms with van der Waals surface area (Å²) in [7, 11) is 4.95. The Hall–Kier alpha value is -1.42. The molecule has 1 aromatic rings. The average molecular weight is 293 g/mol. The van der Waals surface area contributed by atoms with Crippen molar-refractivity contribution in [1.82, 2.24) is 5.32 Å². The molecular formula is C17H27NO3. The number of methoxy groups -OCH3 is 3. The number of ether oxygens (including phenoxy) is 3. The topological polar surface area (TPSA) is 39.7 Å². The van der Waals surface area contributed by atoms with Crippen LogP contribution in [0.2, 0.25) is 0 Å². The highest BCUT2D eigenvalue weighted by Crippen LogP contribution is 2.40. The maximum Gasteiger partial charge on any atom is 0.203 e.